The maximum Gasteiger partial charge on any atom is 0.164 e. The van der Waals surface area contributed by atoms with E-state index in [4.69, 9.17) is 4.74 Å². The first-order chi connectivity index (χ1) is 5.68. The van der Waals surface area contributed by atoms with E-state index in [1.54, 1.807) is 13.0 Å². The summed E-state index contributed by atoms with van der Waals surface area (Å²) >= 11 is 0. The number of ether oxygens (including phenoxy) is 1. The van der Waals surface area contributed by atoms with Gasteiger partial charge in [-0.3, -0.25) is 0 Å². The number of aryl methyl sites for hydroxylation is 1. The monoisotopic (exact) mass is 170 g/mol. The molecule has 0 bridgehead atoms. The summed E-state index contributed by atoms with van der Waals surface area (Å²) in [7, 11) is 0. The van der Waals surface area contributed by atoms with E-state index in [0.29, 0.717) is 12.2 Å². The van der Waals surface area contributed by atoms with Crippen LogP contribution in [0.1, 0.15) is 17.2 Å². The second kappa shape index (κ2) is 2.52. The minimum absolute atomic E-state index is 0.223. The molecule has 1 aliphatic heterocycles. The molecular formula is C9H8F2O. The highest BCUT2D eigenvalue weighted by molar-refractivity contribution is 5.28. The van der Waals surface area contributed by atoms with Gasteiger partial charge in [0.25, 0.3) is 0 Å². The van der Waals surface area contributed by atoms with Crippen molar-refractivity contribution in [2.45, 2.75) is 13.0 Å². The molecule has 3 heteroatoms. The van der Waals surface area contributed by atoms with E-state index in [2.05, 4.69) is 0 Å². The summed E-state index contributed by atoms with van der Waals surface area (Å²) in [5, 5.41) is 0. The predicted octanol–water partition coefficient (Wildman–Crippen LogP) is 2.34. The van der Waals surface area contributed by atoms with Crippen LogP contribution in [0.25, 0.3) is 0 Å². The largest absolute Gasteiger partial charge is 0.368 e. The van der Waals surface area contributed by atoms with Gasteiger partial charge in [-0.25, -0.2) is 8.78 Å². The number of halogens is 2. The smallest absolute Gasteiger partial charge is 0.164 e. The minimum Gasteiger partial charge on any atom is -0.368 e. The van der Waals surface area contributed by atoms with Gasteiger partial charge in [0.1, 0.15) is 6.10 Å². The van der Waals surface area contributed by atoms with Crippen molar-refractivity contribution in [1.29, 1.82) is 0 Å². The van der Waals surface area contributed by atoms with Crippen molar-refractivity contribution in [2.24, 2.45) is 0 Å². The highest BCUT2D eigenvalue weighted by Crippen LogP contribution is 2.32. The summed E-state index contributed by atoms with van der Waals surface area (Å²) in [6.45, 7) is 2.23. The second-order valence-electron chi connectivity index (χ2n) is 2.97. The average molecular weight is 170 g/mol. The molecule has 1 fully saturated rings. The Morgan fingerprint density at radius 2 is 2.08 bits per heavy atom. The molecule has 0 aromatic heterocycles. The van der Waals surface area contributed by atoms with Crippen LogP contribution in [0.3, 0.4) is 0 Å². The predicted molar refractivity (Wildman–Crippen MR) is 39.8 cm³/mol. The summed E-state index contributed by atoms with van der Waals surface area (Å²) in [5.74, 6) is -1.57. The van der Waals surface area contributed by atoms with Gasteiger partial charge in [-0.05, 0) is 18.6 Å². The van der Waals surface area contributed by atoms with Gasteiger partial charge in [0.05, 0.1) is 6.61 Å². The third-order valence-corrected chi connectivity index (χ3v) is 1.88. The van der Waals surface area contributed by atoms with E-state index < -0.39 is 11.6 Å². The van der Waals surface area contributed by atoms with Crippen LogP contribution >= 0.6 is 0 Å². The third kappa shape index (κ3) is 1.20. The van der Waals surface area contributed by atoms with Gasteiger partial charge in [0.2, 0.25) is 0 Å². The third-order valence-electron chi connectivity index (χ3n) is 1.88. The van der Waals surface area contributed by atoms with Crippen LogP contribution in [0, 0.1) is 18.6 Å². The topological polar surface area (TPSA) is 12.5 Å². The van der Waals surface area contributed by atoms with Crippen LogP contribution in [-0.4, -0.2) is 6.61 Å². The average Bonchev–Trinajstić information content (AvgIpc) is 2.79. The fourth-order valence-corrected chi connectivity index (χ4v) is 1.21. The molecule has 1 aliphatic rings. The number of hydrogen-bond donors (Lipinski definition) is 0. The highest BCUT2D eigenvalue weighted by Gasteiger charge is 2.29. The molecule has 1 atom stereocenters. The van der Waals surface area contributed by atoms with Crippen LogP contribution in [-0.2, 0) is 4.74 Å². The van der Waals surface area contributed by atoms with Crippen molar-refractivity contribution in [3.63, 3.8) is 0 Å². The Kier molecular flexibility index (Phi) is 1.61. The van der Waals surface area contributed by atoms with E-state index in [1.807, 2.05) is 0 Å². The first-order valence-corrected chi connectivity index (χ1v) is 3.75. The molecule has 1 aromatic rings. The summed E-state index contributed by atoms with van der Waals surface area (Å²) in [6, 6.07) is 2.80. The molecule has 12 heavy (non-hydrogen) atoms. The van der Waals surface area contributed by atoms with E-state index in [9.17, 15) is 8.78 Å². The molecule has 0 amide bonds. The molecule has 0 radical (unpaired) electrons. The lowest BCUT2D eigenvalue weighted by molar-refractivity contribution is 0.401. The Hall–Kier alpha value is -0.960. The van der Waals surface area contributed by atoms with Gasteiger partial charge in [-0.1, -0.05) is 6.07 Å². The fraction of sp³-hybridized carbons (Fsp3) is 0.333. The van der Waals surface area contributed by atoms with E-state index in [-0.39, 0.29) is 6.10 Å². The van der Waals surface area contributed by atoms with Crippen molar-refractivity contribution in [3.05, 3.63) is 34.9 Å². The molecule has 64 valence electrons. The zero-order valence-electron chi connectivity index (χ0n) is 6.60. The SMILES string of the molecule is Cc1cc(F)c(F)c([C@@H]2CO2)c1. The van der Waals surface area contributed by atoms with E-state index >= 15 is 0 Å². The van der Waals surface area contributed by atoms with Gasteiger partial charge in [0, 0.05) is 5.56 Å². The zero-order valence-corrected chi connectivity index (χ0v) is 6.60. The Morgan fingerprint density at radius 3 is 2.67 bits per heavy atom. The lowest BCUT2D eigenvalue weighted by Gasteiger charge is -2.01. The summed E-state index contributed by atoms with van der Waals surface area (Å²) in [5.41, 5.74) is 1.06. The first-order valence-electron chi connectivity index (χ1n) is 3.75. The van der Waals surface area contributed by atoms with Crippen molar-refractivity contribution >= 4 is 0 Å². The molecule has 0 spiro atoms. The number of rotatable bonds is 1. The number of epoxide rings is 1. The Bertz CT molecular complexity index is 319. The fourth-order valence-electron chi connectivity index (χ4n) is 1.21. The first kappa shape index (κ1) is 7.68. The standard InChI is InChI=1S/C9H8F2O/c1-5-2-6(8-4-12-8)9(11)7(10)3-5/h2-3,8H,4H2,1H3/t8-/m0/s1. The van der Waals surface area contributed by atoms with E-state index in [1.165, 1.54) is 6.07 Å². The van der Waals surface area contributed by atoms with Gasteiger partial charge in [-0.2, -0.15) is 0 Å². The van der Waals surface area contributed by atoms with Crippen molar-refractivity contribution in [1.82, 2.24) is 0 Å². The van der Waals surface area contributed by atoms with Crippen LogP contribution in [0.2, 0.25) is 0 Å². The molecule has 1 aromatic carbocycles. The summed E-state index contributed by atoms with van der Waals surface area (Å²) < 4.78 is 30.7. The lowest BCUT2D eigenvalue weighted by atomic mass is 10.1. The van der Waals surface area contributed by atoms with Crippen LogP contribution in [0.15, 0.2) is 12.1 Å². The Morgan fingerprint density at radius 1 is 1.42 bits per heavy atom. The van der Waals surface area contributed by atoms with Gasteiger partial charge < -0.3 is 4.74 Å². The van der Waals surface area contributed by atoms with E-state index in [0.717, 1.165) is 5.56 Å². The van der Waals surface area contributed by atoms with Crippen molar-refractivity contribution < 1.29 is 13.5 Å². The molecule has 1 heterocycles. The maximum atomic E-state index is 13.0. The molecule has 0 aliphatic carbocycles. The molecule has 1 saturated heterocycles. The zero-order chi connectivity index (χ0) is 8.72. The van der Waals surface area contributed by atoms with Gasteiger partial charge in [0.15, 0.2) is 11.6 Å². The quantitative estimate of drug-likeness (QED) is 0.589. The Labute approximate surface area is 69.0 Å². The van der Waals surface area contributed by atoms with Crippen molar-refractivity contribution in [2.75, 3.05) is 6.61 Å². The molecule has 2 rings (SSSR count). The normalized spacial score (nSPS) is 21.1. The van der Waals surface area contributed by atoms with Crippen LogP contribution in [0.5, 0.6) is 0 Å². The number of benzene rings is 1. The maximum absolute atomic E-state index is 13.0. The molecule has 0 N–H and O–H groups in total. The van der Waals surface area contributed by atoms with Gasteiger partial charge >= 0.3 is 0 Å². The van der Waals surface area contributed by atoms with Gasteiger partial charge in [-0.15, -0.1) is 0 Å². The second-order valence-corrected chi connectivity index (χ2v) is 2.97. The number of hydrogen-bond acceptors (Lipinski definition) is 1. The molecule has 0 saturated carbocycles. The highest BCUT2D eigenvalue weighted by atomic mass is 19.2. The Balaban J connectivity index is 2.51. The van der Waals surface area contributed by atoms with Crippen LogP contribution in [0.4, 0.5) is 8.78 Å². The molecular weight excluding hydrogens is 162 g/mol. The molecule has 1 nitrogen and oxygen atoms in total. The minimum atomic E-state index is -0.791. The lowest BCUT2D eigenvalue weighted by Crippen LogP contribution is -1.94. The summed E-state index contributed by atoms with van der Waals surface area (Å²) in [4.78, 5) is 0. The summed E-state index contributed by atoms with van der Waals surface area (Å²) in [6.07, 6.45) is -0.223. The van der Waals surface area contributed by atoms with Crippen LogP contribution < -0.4 is 0 Å². The van der Waals surface area contributed by atoms with Crippen molar-refractivity contribution in [3.8, 4) is 0 Å². The molecule has 0 unspecified atom stereocenters.